The van der Waals surface area contributed by atoms with E-state index in [0.717, 1.165) is 57.1 Å². The number of hydrogen-bond donors (Lipinski definition) is 2. The summed E-state index contributed by atoms with van der Waals surface area (Å²) in [6.07, 6.45) is 2.31. The SMILES string of the molecule is O=C(NCc1ccccc1C[NH+]1CCOCC1)c1cc(C2CC2)nn1-c1ccccc1. The molecule has 2 fully saturated rings. The van der Waals surface area contributed by atoms with Crippen LogP contribution in [0.2, 0.25) is 0 Å². The molecule has 2 N–H and O–H groups in total. The number of carbonyl (C=O) groups is 1. The third-order valence-electron chi connectivity index (χ3n) is 6.16. The van der Waals surface area contributed by atoms with Crippen molar-refractivity contribution in [3.63, 3.8) is 0 Å². The van der Waals surface area contributed by atoms with Crippen LogP contribution in [0.4, 0.5) is 0 Å². The molecular formula is C25H29N4O2+. The van der Waals surface area contributed by atoms with Gasteiger partial charge in [-0.25, -0.2) is 4.68 Å². The summed E-state index contributed by atoms with van der Waals surface area (Å²) in [6.45, 7) is 5.17. The lowest BCUT2D eigenvalue weighted by atomic mass is 10.1. The second-order valence-corrected chi connectivity index (χ2v) is 8.47. The first-order chi connectivity index (χ1) is 15.3. The van der Waals surface area contributed by atoms with Crippen LogP contribution < -0.4 is 10.2 Å². The molecule has 3 aromatic rings. The van der Waals surface area contributed by atoms with Gasteiger partial charge >= 0.3 is 0 Å². The van der Waals surface area contributed by atoms with Gasteiger partial charge in [-0.2, -0.15) is 5.10 Å². The van der Waals surface area contributed by atoms with Gasteiger partial charge in [-0.1, -0.05) is 42.5 Å². The van der Waals surface area contributed by atoms with Crippen molar-refractivity contribution in [1.29, 1.82) is 0 Å². The number of nitrogens with one attached hydrogen (secondary N) is 2. The van der Waals surface area contributed by atoms with Gasteiger partial charge in [0.15, 0.2) is 0 Å². The summed E-state index contributed by atoms with van der Waals surface area (Å²) in [7, 11) is 0. The fraction of sp³-hybridized carbons (Fsp3) is 0.360. The Bertz CT molecular complexity index is 1040. The molecule has 2 heterocycles. The number of amides is 1. The van der Waals surface area contributed by atoms with Crippen LogP contribution in [0.25, 0.3) is 5.69 Å². The van der Waals surface area contributed by atoms with Gasteiger partial charge in [0, 0.05) is 18.0 Å². The van der Waals surface area contributed by atoms with Gasteiger partial charge in [-0.3, -0.25) is 4.79 Å². The van der Waals surface area contributed by atoms with Crippen LogP contribution in [0.5, 0.6) is 0 Å². The number of rotatable bonds is 7. The number of nitrogens with zero attached hydrogens (tertiary/aromatic N) is 2. The average molecular weight is 418 g/mol. The first-order valence-electron chi connectivity index (χ1n) is 11.2. The van der Waals surface area contributed by atoms with E-state index in [1.807, 2.05) is 42.5 Å². The molecule has 0 spiro atoms. The van der Waals surface area contributed by atoms with Gasteiger partial charge in [0.1, 0.15) is 25.3 Å². The molecule has 1 amide bonds. The van der Waals surface area contributed by atoms with Crippen molar-refractivity contribution in [2.75, 3.05) is 26.3 Å². The Morgan fingerprint density at radius 1 is 1.03 bits per heavy atom. The number of carbonyl (C=O) groups excluding carboxylic acids is 1. The summed E-state index contributed by atoms with van der Waals surface area (Å²) in [5.41, 5.74) is 4.99. The number of ether oxygens (including phenoxy) is 1. The summed E-state index contributed by atoms with van der Waals surface area (Å²) in [5, 5.41) is 7.90. The zero-order valence-electron chi connectivity index (χ0n) is 17.7. The van der Waals surface area contributed by atoms with Crippen LogP contribution in [0.3, 0.4) is 0 Å². The summed E-state index contributed by atoms with van der Waals surface area (Å²) in [6, 6.07) is 20.3. The topological polar surface area (TPSA) is 60.6 Å². The highest BCUT2D eigenvalue weighted by Gasteiger charge is 2.29. The van der Waals surface area contributed by atoms with Crippen molar-refractivity contribution >= 4 is 5.91 Å². The lowest BCUT2D eigenvalue weighted by molar-refractivity contribution is -0.921. The lowest BCUT2D eigenvalue weighted by Gasteiger charge is -2.24. The Kier molecular flexibility index (Phi) is 5.82. The van der Waals surface area contributed by atoms with Crippen molar-refractivity contribution in [2.24, 2.45) is 0 Å². The molecule has 5 rings (SSSR count). The van der Waals surface area contributed by atoms with Crippen molar-refractivity contribution < 1.29 is 14.4 Å². The molecule has 160 valence electrons. The summed E-state index contributed by atoms with van der Waals surface area (Å²) in [4.78, 5) is 14.7. The molecule has 6 nitrogen and oxygen atoms in total. The second-order valence-electron chi connectivity index (χ2n) is 8.47. The number of para-hydroxylation sites is 1. The van der Waals surface area contributed by atoms with Crippen LogP contribution in [-0.2, 0) is 17.8 Å². The Morgan fingerprint density at radius 2 is 1.74 bits per heavy atom. The zero-order chi connectivity index (χ0) is 21.0. The Hall–Kier alpha value is -2.96. The molecular weight excluding hydrogens is 388 g/mol. The summed E-state index contributed by atoms with van der Waals surface area (Å²) >= 11 is 0. The van der Waals surface area contributed by atoms with E-state index in [-0.39, 0.29) is 5.91 Å². The highest BCUT2D eigenvalue weighted by Crippen LogP contribution is 2.39. The number of benzene rings is 2. The maximum Gasteiger partial charge on any atom is 0.270 e. The largest absolute Gasteiger partial charge is 0.370 e. The maximum atomic E-state index is 13.2. The average Bonchev–Trinajstić information content (AvgIpc) is 3.58. The number of hydrogen-bond acceptors (Lipinski definition) is 3. The minimum Gasteiger partial charge on any atom is -0.370 e. The predicted molar refractivity (Wildman–Crippen MR) is 118 cm³/mol. The quantitative estimate of drug-likeness (QED) is 0.619. The van der Waals surface area contributed by atoms with E-state index in [4.69, 9.17) is 9.84 Å². The van der Waals surface area contributed by atoms with Crippen LogP contribution in [0.15, 0.2) is 60.7 Å². The smallest absolute Gasteiger partial charge is 0.270 e. The molecule has 1 saturated carbocycles. The number of aromatic nitrogens is 2. The molecule has 31 heavy (non-hydrogen) atoms. The monoisotopic (exact) mass is 417 g/mol. The number of quaternary nitrogens is 1. The molecule has 0 radical (unpaired) electrons. The van der Waals surface area contributed by atoms with Gasteiger partial charge in [0.05, 0.1) is 24.6 Å². The van der Waals surface area contributed by atoms with Crippen LogP contribution in [0, 0.1) is 0 Å². The van der Waals surface area contributed by atoms with E-state index in [1.54, 1.807) is 4.68 Å². The Morgan fingerprint density at radius 3 is 2.48 bits per heavy atom. The fourth-order valence-electron chi connectivity index (χ4n) is 4.18. The van der Waals surface area contributed by atoms with E-state index in [9.17, 15) is 4.79 Å². The Labute approximate surface area is 182 Å². The van der Waals surface area contributed by atoms with E-state index < -0.39 is 0 Å². The minimum atomic E-state index is -0.0863. The maximum absolute atomic E-state index is 13.2. The predicted octanol–water partition coefficient (Wildman–Crippen LogP) is 2.09. The normalized spacial score (nSPS) is 16.9. The lowest BCUT2D eigenvalue weighted by Crippen LogP contribution is -3.12. The van der Waals surface area contributed by atoms with E-state index in [2.05, 4.69) is 23.5 Å². The molecule has 0 bridgehead atoms. The minimum absolute atomic E-state index is 0.0863. The molecule has 1 saturated heterocycles. The van der Waals surface area contributed by atoms with Crippen molar-refractivity contribution in [3.8, 4) is 5.69 Å². The molecule has 1 aliphatic heterocycles. The van der Waals surface area contributed by atoms with Gasteiger partial charge in [-0.15, -0.1) is 0 Å². The highest BCUT2D eigenvalue weighted by molar-refractivity contribution is 5.93. The van der Waals surface area contributed by atoms with E-state index in [1.165, 1.54) is 16.0 Å². The van der Waals surface area contributed by atoms with E-state index in [0.29, 0.717) is 18.2 Å². The summed E-state index contributed by atoms with van der Waals surface area (Å²) in [5.74, 6) is 0.408. The third kappa shape index (κ3) is 4.70. The highest BCUT2D eigenvalue weighted by atomic mass is 16.5. The molecule has 1 aliphatic carbocycles. The van der Waals surface area contributed by atoms with Crippen LogP contribution in [0.1, 0.15) is 46.1 Å². The molecule has 2 aromatic carbocycles. The van der Waals surface area contributed by atoms with Gasteiger partial charge in [0.25, 0.3) is 5.91 Å². The first kappa shape index (κ1) is 20.0. The van der Waals surface area contributed by atoms with Crippen molar-refractivity contribution in [2.45, 2.75) is 31.8 Å². The fourth-order valence-corrected chi connectivity index (χ4v) is 4.18. The van der Waals surface area contributed by atoms with Crippen molar-refractivity contribution in [3.05, 3.63) is 83.2 Å². The number of morpholine rings is 1. The molecule has 1 aromatic heterocycles. The van der Waals surface area contributed by atoms with Gasteiger partial charge in [0.2, 0.25) is 0 Å². The van der Waals surface area contributed by atoms with Crippen LogP contribution >= 0.6 is 0 Å². The van der Waals surface area contributed by atoms with Crippen LogP contribution in [-0.4, -0.2) is 42.0 Å². The first-order valence-corrected chi connectivity index (χ1v) is 11.2. The zero-order valence-corrected chi connectivity index (χ0v) is 17.7. The van der Waals surface area contributed by atoms with Crippen molar-refractivity contribution in [1.82, 2.24) is 15.1 Å². The molecule has 0 unspecified atom stereocenters. The second kappa shape index (κ2) is 9.04. The van der Waals surface area contributed by atoms with Gasteiger partial charge in [-0.05, 0) is 36.6 Å². The van der Waals surface area contributed by atoms with Gasteiger partial charge < -0.3 is 15.0 Å². The molecule has 6 heteroatoms. The summed E-state index contributed by atoms with van der Waals surface area (Å²) < 4.78 is 7.26. The van der Waals surface area contributed by atoms with E-state index >= 15 is 0 Å². The molecule has 0 atom stereocenters. The Balaban J connectivity index is 1.32. The molecule has 2 aliphatic rings. The standard InChI is InChI=1S/C25H28N4O2/c30-25(24-16-23(19-10-11-19)27-29(24)22-8-2-1-3-9-22)26-17-20-6-4-5-7-21(20)18-28-12-14-31-15-13-28/h1-9,16,19H,10-15,17-18H2,(H,26,30)/p+1. The third-order valence-corrected chi connectivity index (χ3v) is 6.16.